The lowest BCUT2D eigenvalue weighted by atomic mass is 10.1. The first-order valence-electron chi connectivity index (χ1n) is 8.92. The maximum atomic E-state index is 13.9. The number of rotatable bonds is 6. The number of carbonyl (C=O) groups excluding carboxylic acids is 1. The van der Waals surface area contributed by atoms with Gasteiger partial charge >= 0.3 is 0 Å². The van der Waals surface area contributed by atoms with Crippen LogP contribution in [0.2, 0.25) is 0 Å². The van der Waals surface area contributed by atoms with Crippen molar-refractivity contribution in [1.29, 1.82) is 0 Å². The highest BCUT2D eigenvalue weighted by Crippen LogP contribution is 2.38. The Balaban J connectivity index is 1.90. The summed E-state index contributed by atoms with van der Waals surface area (Å²) >= 11 is 8.81. The second-order valence-electron chi connectivity index (χ2n) is 6.33. The van der Waals surface area contributed by atoms with E-state index in [1.165, 1.54) is 13.2 Å². The van der Waals surface area contributed by atoms with Crippen LogP contribution in [0.15, 0.2) is 46.6 Å². The van der Waals surface area contributed by atoms with E-state index in [2.05, 4.69) is 15.9 Å². The van der Waals surface area contributed by atoms with E-state index in [1.807, 2.05) is 13.0 Å². The molecule has 0 aromatic heterocycles. The van der Waals surface area contributed by atoms with Gasteiger partial charge in [0.25, 0.3) is 5.91 Å². The van der Waals surface area contributed by atoms with E-state index < -0.39 is 0 Å². The predicted molar refractivity (Wildman–Crippen MR) is 117 cm³/mol. The van der Waals surface area contributed by atoms with Crippen molar-refractivity contribution in [2.75, 3.05) is 20.7 Å². The molecule has 0 saturated carbocycles. The number of nitrogens with zero attached hydrogens (tertiary/aromatic N) is 2. The average molecular weight is 479 g/mol. The summed E-state index contributed by atoms with van der Waals surface area (Å²) in [7, 11) is 3.29. The van der Waals surface area contributed by atoms with Crippen LogP contribution in [0.1, 0.15) is 18.1 Å². The Morgan fingerprint density at radius 3 is 2.62 bits per heavy atom. The molecule has 29 heavy (non-hydrogen) atoms. The molecule has 0 radical (unpaired) electrons. The maximum Gasteiger partial charge on any atom is 0.276 e. The monoisotopic (exact) mass is 478 g/mol. The maximum absolute atomic E-state index is 13.9. The number of halogens is 2. The Hall–Kier alpha value is -2.45. The van der Waals surface area contributed by atoms with Gasteiger partial charge in [0.1, 0.15) is 18.1 Å². The number of hydrogen-bond acceptors (Lipinski definition) is 4. The van der Waals surface area contributed by atoms with E-state index in [4.69, 9.17) is 21.7 Å². The molecule has 0 N–H and O–H groups in total. The topological polar surface area (TPSA) is 42.0 Å². The molecule has 3 rings (SSSR count). The van der Waals surface area contributed by atoms with E-state index in [0.717, 1.165) is 5.56 Å². The minimum Gasteiger partial charge on any atom is -0.493 e. The Morgan fingerprint density at radius 2 is 2.00 bits per heavy atom. The van der Waals surface area contributed by atoms with E-state index in [9.17, 15) is 9.18 Å². The molecule has 5 nitrogen and oxygen atoms in total. The normalized spacial score (nSPS) is 15.4. The van der Waals surface area contributed by atoms with Crippen LogP contribution in [-0.4, -0.2) is 41.5 Å². The summed E-state index contributed by atoms with van der Waals surface area (Å²) < 4.78 is 25.7. The van der Waals surface area contributed by atoms with Crippen molar-refractivity contribution >= 4 is 45.2 Å². The highest BCUT2D eigenvalue weighted by atomic mass is 79.9. The van der Waals surface area contributed by atoms with Crippen LogP contribution in [-0.2, 0) is 11.4 Å². The zero-order chi connectivity index (χ0) is 21.1. The zero-order valence-corrected chi connectivity index (χ0v) is 18.6. The van der Waals surface area contributed by atoms with Crippen LogP contribution >= 0.6 is 28.1 Å². The largest absolute Gasteiger partial charge is 0.493 e. The number of methoxy groups -OCH3 is 1. The van der Waals surface area contributed by atoms with Crippen molar-refractivity contribution in [1.82, 2.24) is 9.80 Å². The molecule has 1 amide bonds. The number of carbonyl (C=O) groups is 1. The van der Waals surface area contributed by atoms with Gasteiger partial charge < -0.3 is 14.4 Å². The van der Waals surface area contributed by atoms with Crippen molar-refractivity contribution in [3.05, 3.63) is 63.5 Å². The first-order valence-corrected chi connectivity index (χ1v) is 10.1. The van der Waals surface area contributed by atoms with Crippen molar-refractivity contribution < 1.29 is 18.7 Å². The second-order valence-corrected chi connectivity index (χ2v) is 7.55. The first-order chi connectivity index (χ1) is 13.9. The summed E-state index contributed by atoms with van der Waals surface area (Å²) in [5.74, 6) is 0.443. The number of thiocarbonyl (C=S) groups is 1. The fraction of sp³-hybridized carbons (Fsp3) is 0.238. The summed E-state index contributed by atoms with van der Waals surface area (Å²) in [5, 5.41) is 0.472. The van der Waals surface area contributed by atoms with E-state index in [0.29, 0.717) is 38.9 Å². The van der Waals surface area contributed by atoms with Crippen molar-refractivity contribution in [2.24, 2.45) is 0 Å². The third-order valence-corrected chi connectivity index (χ3v) is 5.63. The van der Waals surface area contributed by atoms with Gasteiger partial charge in [0.2, 0.25) is 0 Å². The molecule has 1 aliphatic rings. The SMILES string of the molecule is CCN1C(=O)/C(=C/c2cc(Br)c(OCc3ccccc3F)c(OC)c2)N(C)C1=S. The lowest BCUT2D eigenvalue weighted by Gasteiger charge is -2.15. The van der Waals surface area contributed by atoms with Gasteiger partial charge in [0.05, 0.1) is 11.6 Å². The van der Waals surface area contributed by atoms with E-state index in [-0.39, 0.29) is 18.3 Å². The Morgan fingerprint density at radius 1 is 1.28 bits per heavy atom. The fourth-order valence-corrected chi connectivity index (χ4v) is 3.86. The van der Waals surface area contributed by atoms with Crippen LogP contribution in [0.3, 0.4) is 0 Å². The lowest BCUT2D eigenvalue weighted by molar-refractivity contribution is -0.122. The molecule has 2 aromatic carbocycles. The summed E-state index contributed by atoms with van der Waals surface area (Å²) in [6.45, 7) is 2.44. The number of benzene rings is 2. The number of likely N-dealkylation sites (N-methyl/N-ethyl adjacent to an activating group) is 2. The molecule has 8 heteroatoms. The Bertz CT molecular complexity index is 996. The quantitative estimate of drug-likeness (QED) is 0.448. The van der Waals surface area contributed by atoms with Gasteiger partial charge in [-0.1, -0.05) is 18.2 Å². The third-order valence-electron chi connectivity index (χ3n) is 4.54. The summed E-state index contributed by atoms with van der Waals surface area (Å²) in [6.07, 6.45) is 1.75. The molecule has 0 atom stereocenters. The smallest absolute Gasteiger partial charge is 0.276 e. The summed E-state index contributed by atoms with van der Waals surface area (Å²) in [6, 6.07) is 10.0. The Labute approximate surface area is 182 Å². The standard InChI is InChI=1S/C21H20BrFN2O3S/c1-4-25-20(26)17(24(2)21(25)29)10-13-9-15(22)19(18(11-13)27-3)28-12-14-7-5-6-8-16(14)23/h5-11H,4,12H2,1-3H3/b17-10-. The van der Waals surface area contributed by atoms with Gasteiger partial charge in [-0.15, -0.1) is 0 Å². The van der Waals surface area contributed by atoms with Gasteiger partial charge in [-0.3, -0.25) is 9.69 Å². The van der Waals surface area contributed by atoms with Gasteiger partial charge in [0, 0.05) is 19.2 Å². The molecular formula is C21H20BrFN2O3S. The van der Waals surface area contributed by atoms with Crippen LogP contribution in [0.4, 0.5) is 4.39 Å². The summed E-state index contributed by atoms with van der Waals surface area (Å²) in [4.78, 5) is 15.8. The fourth-order valence-electron chi connectivity index (χ4n) is 2.98. The molecule has 1 aliphatic heterocycles. The molecule has 0 spiro atoms. The second kappa shape index (κ2) is 8.92. The molecule has 152 valence electrons. The summed E-state index contributed by atoms with van der Waals surface area (Å²) in [5.41, 5.74) is 1.66. The third kappa shape index (κ3) is 4.28. The lowest BCUT2D eigenvalue weighted by Crippen LogP contribution is -2.30. The van der Waals surface area contributed by atoms with Gasteiger partial charge in [-0.05, 0) is 64.9 Å². The van der Waals surface area contributed by atoms with E-state index >= 15 is 0 Å². The number of amides is 1. The first kappa shape index (κ1) is 21.3. The molecule has 2 aromatic rings. The molecule has 1 heterocycles. The van der Waals surface area contributed by atoms with Crippen molar-refractivity contribution in [2.45, 2.75) is 13.5 Å². The van der Waals surface area contributed by atoms with Gasteiger partial charge in [-0.2, -0.15) is 0 Å². The predicted octanol–water partition coefficient (Wildman–Crippen LogP) is 4.60. The van der Waals surface area contributed by atoms with Crippen molar-refractivity contribution in [3.8, 4) is 11.5 Å². The minimum atomic E-state index is -0.330. The van der Waals surface area contributed by atoms with Crippen LogP contribution in [0.5, 0.6) is 11.5 Å². The van der Waals surface area contributed by atoms with Gasteiger partial charge in [0.15, 0.2) is 16.6 Å². The molecule has 0 aliphatic carbocycles. The van der Waals surface area contributed by atoms with Gasteiger partial charge in [-0.25, -0.2) is 4.39 Å². The number of ether oxygens (including phenoxy) is 2. The molecule has 1 fully saturated rings. The van der Waals surface area contributed by atoms with Crippen LogP contribution < -0.4 is 9.47 Å². The van der Waals surface area contributed by atoms with Crippen LogP contribution in [0.25, 0.3) is 6.08 Å². The van der Waals surface area contributed by atoms with E-state index in [1.54, 1.807) is 47.2 Å². The molecule has 0 unspecified atom stereocenters. The molecule has 0 bridgehead atoms. The van der Waals surface area contributed by atoms with Crippen molar-refractivity contribution in [3.63, 3.8) is 0 Å². The highest BCUT2D eigenvalue weighted by Gasteiger charge is 2.34. The highest BCUT2D eigenvalue weighted by molar-refractivity contribution is 9.10. The Kier molecular flexibility index (Phi) is 6.54. The zero-order valence-electron chi connectivity index (χ0n) is 16.2. The number of hydrogen-bond donors (Lipinski definition) is 0. The average Bonchev–Trinajstić information content (AvgIpc) is 2.90. The molecular weight excluding hydrogens is 459 g/mol. The minimum absolute atomic E-state index is 0.0586. The molecule has 1 saturated heterocycles. The van der Waals surface area contributed by atoms with Crippen LogP contribution in [0, 0.1) is 5.82 Å².